The van der Waals surface area contributed by atoms with E-state index in [4.69, 9.17) is 9.39 Å². The van der Waals surface area contributed by atoms with E-state index in [1.807, 2.05) is 0 Å². The molecule has 0 unspecified atom stereocenters. The van der Waals surface area contributed by atoms with Crippen molar-refractivity contribution >= 4 is 19.0 Å². The first kappa shape index (κ1) is 23.1. The van der Waals surface area contributed by atoms with E-state index in [1.165, 1.54) is 6.07 Å². The number of benzene rings is 1. The molecule has 0 bridgehead atoms. The van der Waals surface area contributed by atoms with Crippen LogP contribution in [0.15, 0.2) is 18.2 Å². The van der Waals surface area contributed by atoms with E-state index in [-0.39, 0.29) is 24.3 Å². The smallest absolute Gasteiger partial charge is 0.534 e. The van der Waals surface area contributed by atoms with Crippen LogP contribution in [0.2, 0.25) is 0 Å². The van der Waals surface area contributed by atoms with Gasteiger partial charge in [-0.2, -0.15) is 13.2 Å². The minimum atomic E-state index is -4.43. The van der Waals surface area contributed by atoms with Gasteiger partial charge in [-0.1, -0.05) is 26.0 Å². The van der Waals surface area contributed by atoms with Crippen LogP contribution in [0.1, 0.15) is 55.5 Å². The van der Waals surface area contributed by atoms with E-state index >= 15 is 0 Å². The summed E-state index contributed by atoms with van der Waals surface area (Å²) in [5.74, 6) is -1.67. The average molecular weight is 415 g/mol. The molecule has 1 amide bonds. The van der Waals surface area contributed by atoms with Gasteiger partial charge in [-0.3, -0.25) is 4.79 Å². The summed E-state index contributed by atoms with van der Waals surface area (Å²) in [7, 11) is -1.49. The van der Waals surface area contributed by atoms with Crippen molar-refractivity contribution in [2.75, 3.05) is 6.61 Å². The van der Waals surface area contributed by atoms with Gasteiger partial charge in [0.15, 0.2) is 0 Å². The molecule has 0 radical (unpaired) electrons. The number of halogens is 3. The highest BCUT2D eigenvalue weighted by atomic mass is 19.4. The zero-order chi connectivity index (χ0) is 21.6. The quantitative estimate of drug-likeness (QED) is 0.387. The lowest BCUT2D eigenvalue weighted by Crippen LogP contribution is -2.53. The summed E-state index contributed by atoms with van der Waals surface area (Å²) < 4.78 is 47.4. The Morgan fingerprint density at radius 1 is 1.38 bits per heavy atom. The van der Waals surface area contributed by atoms with Crippen molar-refractivity contribution in [3.63, 3.8) is 0 Å². The molecule has 10 heteroatoms. The van der Waals surface area contributed by atoms with Gasteiger partial charge in [0.2, 0.25) is 5.91 Å². The summed E-state index contributed by atoms with van der Waals surface area (Å²) in [5, 5.41) is 12.5. The van der Waals surface area contributed by atoms with Crippen molar-refractivity contribution in [1.82, 2.24) is 5.32 Å². The van der Waals surface area contributed by atoms with Crippen LogP contribution >= 0.6 is 0 Å². The van der Waals surface area contributed by atoms with Gasteiger partial charge >= 0.3 is 19.3 Å². The third kappa shape index (κ3) is 7.27. The molecule has 1 aromatic rings. The van der Waals surface area contributed by atoms with Gasteiger partial charge in [0.25, 0.3) is 0 Å². The summed E-state index contributed by atoms with van der Waals surface area (Å²) in [6, 6.07) is 4.79. The first-order valence-corrected chi connectivity index (χ1v) is 9.56. The Bertz CT molecular complexity index is 726. The van der Waals surface area contributed by atoms with E-state index in [9.17, 15) is 27.8 Å². The lowest BCUT2D eigenvalue weighted by Gasteiger charge is -2.29. The maximum atomic E-state index is 12.3. The van der Waals surface area contributed by atoms with Crippen LogP contribution in [0.3, 0.4) is 0 Å². The Morgan fingerprint density at radius 3 is 2.76 bits per heavy atom. The molecule has 0 saturated heterocycles. The number of esters is 1. The van der Waals surface area contributed by atoms with E-state index in [1.54, 1.807) is 12.1 Å². The second-order valence-corrected chi connectivity index (χ2v) is 7.47. The van der Waals surface area contributed by atoms with Crippen LogP contribution in [0.5, 0.6) is 5.75 Å². The van der Waals surface area contributed by atoms with Gasteiger partial charge in [0, 0.05) is 6.42 Å². The number of carbonyl (C=O) groups is 2. The highest BCUT2D eigenvalue weighted by Crippen LogP contribution is 2.31. The summed E-state index contributed by atoms with van der Waals surface area (Å²) in [6.07, 6.45) is -4.65. The van der Waals surface area contributed by atoms with Crippen LogP contribution in [-0.2, 0) is 16.0 Å². The fourth-order valence-electron chi connectivity index (χ4n) is 2.98. The molecular weight excluding hydrogens is 390 g/mol. The molecule has 0 saturated carbocycles. The number of amides is 1. The lowest BCUT2D eigenvalue weighted by molar-refractivity contribution is -0.144. The molecule has 160 valence electrons. The number of carbonyl (C=O) groups excluding carboxylic acids is 2. The molecule has 1 heterocycles. The van der Waals surface area contributed by atoms with Crippen molar-refractivity contribution in [1.29, 1.82) is 0 Å². The molecular formula is C19H25BF3NO5. The fourth-order valence-corrected chi connectivity index (χ4v) is 2.98. The molecule has 1 aromatic carbocycles. The maximum absolute atomic E-state index is 12.3. The van der Waals surface area contributed by atoms with Crippen molar-refractivity contribution in [2.45, 2.75) is 58.1 Å². The Morgan fingerprint density at radius 2 is 2.10 bits per heavy atom. The number of hydrogen-bond donors (Lipinski definition) is 2. The minimum absolute atomic E-state index is 0.114. The van der Waals surface area contributed by atoms with Gasteiger partial charge in [-0.25, -0.2) is 4.79 Å². The number of nitrogens with one attached hydrogen (secondary N) is 1. The van der Waals surface area contributed by atoms with E-state index < -0.39 is 44.0 Å². The Balaban J connectivity index is 1.99. The zero-order valence-electron chi connectivity index (χ0n) is 16.4. The van der Waals surface area contributed by atoms with Crippen molar-refractivity contribution < 1.29 is 37.2 Å². The third-order valence-electron chi connectivity index (χ3n) is 4.48. The van der Waals surface area contributed by atoms with Gasteiger partial charge in [0.05, 0.1) is 19.0 Å². The van der Waals surface area contributed by atoms with Gasteiger partial charge < -0.3 is 19.7 Å². The highest BCUT2D eigenvalue weighted by molar-refractivity contribution is 6.47. The number of fused-ring (bicyclic) bond motifs is 1. The molecule has 0 spiro atoms. The second-order valence-electron chi connectivity index (χ2n) is 7.47. The molecule has 0 aromatic heterocycles. The molecule has 0 fully saturated rings. The zero-order valence-corrected chi connectivity index (χ0v) is 16.4. The Hall–Kier alpha value is -2.23. The van der Waals surface area contributed by atoms with Crippen molar-refractivity contribution in [2.24, 2.45) is 5.92 Å². The summed E-state index contributed by atoms with van der Waals surface area (Å²) >= 11 is 0. The summed E-state index contributed by atoms with van der Waals surface area (Å²) in [4.78, 5) is 24.1. The largest absolute Gasteiger partial charge is 0.547 e. The second kappa shape index (κ2) is 10.0. The highest BCUT2D eigenvalue weighted by Gasteiger charge is 2.38. The minimum Gasteiger partial charge on any atom is -0.534 e. The molecule has 0 aliphatic carbocycles. The van der Waals surface area contributed by atoms with Crippen LogP contribution < -0.4 is 9.97 Å². The predicted octanol–water partition coefficient (Wildman–Crippen LogP) is 3.06. The standard InChI is InChI=1S/C19H25BF3NO5/c1-12(2)5-4-10-28-18(26)14-7-3-6-13-11-15(20(27)29-17(13)14)24-16(25)8-9-19(21,22)23/h3,6-7,12,15,27H,4-5,8-11H2,1-2H3,(H,24,25)/t15-/m0/s1. The Labute approximate surface area is 167 Å². The number of ether oxygens (including phenoxy) is 1. The SMILES string of the molecule is CC(C)CCCOC(=O)c1cccc2c1OB(O)[C@@H](NC(=O)CCC(F)(F)F)C2. The summed E-state index contributed by atoms with van der Waals surface area (Å²) in [6.45, 7) is 4.41. The van der Waals surface area contributed by atoms with Gasteiger partial charge in [0.1, 0.15) is 11.3 Å². The monoisotopic (exact) mass is 415 g/mol. The molecule has 1 atom stereocenters. The van der Waals surface area contributed by atoms with Crippen LogP contribution in [-0.4, -0.2) is 42.7 Å². The normalized spacial score (nSPS) is 16.2. The third-order valence-corrected chi connectivity index (χ3v) is 4.48. The number of alkyl halides is 3. The number of hydrogen-bond acceptors (Lipinski definition) is 5. The molecule has 6 nitrogen and oxygen atoms in total. The number of rotatable bonds is 8. The molecule has 2 N–H and O–H groups in total. The van der Waals surface area contributed by atoms with Gasteiger partial charge in [-0.15, -0.1) is 0 Å². The van der Waals surface area contributed by atoms with Crippen LogP contribution in [0.4, 0.5) is 13.2 Å². The van der Waals surface area contributed by atoms with E-state index in [0.29, 0.717) is 11.5 Å². The van der Waals surface area contributed by atoms with E-state index in [0.717, 1.165) is 12.8 Å². The topological polar surface area (TPSA) is 84.9 Å². The molecule has 29 heavy (non-hydrogen) atoms. The molecule has 1 aliphatic heterocycles. The first-order chi connectivity index (χ1) is 13.6. The fraction of sp³-hybridized carbons (Fsp3) is 0.579. The average Bonchev–Trinajstić information content (AvgIpc) is 2.63. The van der Waals surface area contributed by atoms with Crippen molar-refractivity contribution in [3.05, 3.63) is 29.3 Å². The Kier molecular flexibility index (Phi) is 7.95. The molecule has 1 aliphatic rings. The lowest BCUT2D eigenvalue weighted by atomic mass is 9.72. The van der Waals surface area contributed by atoms with E-state index in [2.05, 4.69) is 19.2 Å². The van der Waals surface area contributed by atoms with Gasteiger partial charge in [-0.05, 0) is 36.8 Å². The van der Waals surface area contributed by atoms with Crippen LogP contribution in [0.25, 0.3) is 0 Å². The predicted molar refractivity (Wildman–Crippen MR) is 100 cm³/mol. The first-order valence-electron chi connectivity index (χ1n) is 9.56. The van der Waals surface area contributed by atoms with Crippen LogP contribution in [0, 0.1) is 5.92 Å². The summed E-state index contributed by atoms with van der Waals surface area (Å²) in [5.41, 5.74) is 0.709. The molecule has 2 rings (SSSR count). The number of para-hydroxylation sites is 1. The maximum Gasteiger partial charge on any atom is 0.547 e. The van der Waals surface area contributed by atoms with Crippen molar-refractivity contribution in [3.8, 4) is 5.75 Å².